The maximum absolute atomic E-state index is 12.8. The van der Waals surface area contributed by atoms with Gasteiger partial charge in [-0.3, -0.25) is 9.59 Å². The molecule has 1 amide bonds. The number of para-hydroxylation sites is 1. The Morgan fingerprint density at radius 3 is 2.29 bits per heavy atom. The number of halogens is 3. The maximum atomic E-state index is 12.8. The lowest BCUT2D eigenvalue weighted by Gasteiger charge is -2.14. The third-order valence-corrected chi connectivity index (χ3v) is 3.99. The van der Waals surface area contributed by atoms with Gasteiger partial charge in [0, 0.05) is 17.9 Å². The molecule has 2 aromatic carbocycles. The number of ketones is 1. The fourth-order valence-electron chi connectivity index (χ4n) is 2.95. The van der Waals surface area contributed by atoms with Crippen LogP contribution in [0.25, 0.3) is 22.1 Å². The van der Waals surface area contributed by atoms with E-state index in [2.05, 4.69) is 4.74 Å². The normalized spacial score (nSPS) is 11.5. The molecule has 0 spiro atoms. The molecule has 6 nitrogen and oxygen atoms in total. The molecule has 1 heterocycles. The highest BCUT2D eigenvalue weighted by Crippen LogP contribution is 2.43. The average Bonchev–Trinajstić information content (AvgIpc) is 3.01. The molecule has 1 aromatic heterocycles. The Labute approximate surface area is 156 Å². The molecule has 0 saturated heterocycles. The minimum absolute atomic E-state index is 0.0146. The summed E-state index contributed by atoms with van der Waals surface area (Å²) in [6, 6.07) is 8.27. The second-order valence-corrected chi connectivity index (χ2v) is 5.79. The summed E-state index contributed by atoms with van der Waals surface area (Å²) in [6.07, 6.45) is -4.92. The maximum Gasteiger partial charge on any atom is 0.573 e. The van der Waals surface area contributed by atoms with Gasteiger partial charge in [0.25, 0.3) is 5.91 Å². The highest BCUT2D eigenvalue weighted by atomic mass is 19.4. The summed E-state index contributed by atoms with van der Waals surface area (Å²) in [5, 5.41) is 0.0651. The zero-order valence-corrected chi connectivity index (χ0v) is 14.7. The van der Waals surface area contributed by atoms with E-state index in [1.165, 1.54) is 44.4 Å². The van der Waals surface area contributed by atoms with E-state index in [0.717, 1.165) is 6.07 Å². The molecule has 0 bridgehead atoms. The number of benzene rings is 2. The number of alkyl halides is 3. The van der Waals surface area contributed by atoms with Crippen LogP contribution in [0.5, 0.6) is 11.5 Å². The van der Waals surface area contributed by atoms with Crippen LogP contribution >= 0.6 is 0 Å². The standard InChI is InChI=1S/C19H14F3NO5/c1-9(24)16-15(18(23)25)14-11(7-8-13(26-2)17(14)27-16)10-5-3-4-6-12(10)28-19(20,21)22/h3-8H,1-2H3,(H2,23,25). The molecule has 0 aliphatic rings. The first-order valence-corrected chi connectivity index (χ1v) is 7.93. The largest absolute Gasteiger partial charge is 0.573 e. The van der Waals surface area contributed by atoms with Crippen LogP contribution in [0.2, 0.25) is 0 Å². The van der Waals surface area contributed by atoms with Gasteiger partial charge in [0.1, 0.15) is 5.75 Å². The molecule has 146 valence electrons. The number of hydrogen-bond acceptors (Lipinski definition) is 5. The fourth-order valence-corrected chi connectivity index (χ4v) is 2.95. The number of methoxy groups -OCH3 is 1. The van der Waals surface area contributed by atoms with Crippen molar-refractivity contribution in [2.24, 2.45) is 5.73 Å². The smallest absolute Gasteiger partial charge is 0.493 e. The number of fused-ring (bicyclic) bond motifs is 1. The molecule has 0 aliphatic carbocycles. The number of furan rings is 1. The Bertz CT molecular complexity index is 1090. The minimum Gasteiger partial charge on any atom is -0.493 e. The third kappa shape index (κ3) is 3.38. The number of primary amides is 1. The predicted octanol–water partition coefficient (Wildman–Crippen LogP) is 4.31. The van der Waals surface area contributed by atoms with Gasteiger partial charge in [-0.15, -0.1) is 13.2 Å². The molecule has 3 aromatic rings. The van der Waals surface area contributed by atoms with Crippen molar-refractivity contribution in [3.63, 3.8) is 0 Å². The van der Waals surface area contributed by atoms with Gasteiger partial charge in [-0.25, -0.2) is 0 Å². The number of carbonyl (C=O) groups is 2. The Morgan fingerprint density at radius 1 is 1.04 bits per heavy atom. The van der Waals surface area contributed by atoms with Crippen molar-refractivity contribution in [2.45, 2.75) is 13.3 Å². The Balaban J connectivity index is 2.41. The molecule has 28 heavy (non-hydrogen) atoms. The Kier molecular flexibility index (Phi) is 4.76. The molecule has 0 aliphatic heterocycles. The quantitative estimate of drug-likeness (QED) is 0.652. The second kappa shape index (κ2) is 6.91. The van der Waals surface area contributed by atoms with Crippen LogP contribution in [0.1, 0.15) is 27.8 Å². The second-order valence-electron chi connectivity index (χ2n) is 5.79. The first-order valence-electron chi connectivity index (χ1n) is 7.93. The highest BCUT2D eigenvalue weighted by molar-refractivity contribution is 6.18. The van der Waals surface area contributed by atoms with Gasteiger partial charge in [0.2, 0.25) is 0 Å². The van der Waals surface area contributed by atoms with Crippen molar-refractivity contribution in [3.8, 4) is 22.6 Å². The van der Waals surface area contributed by atoms with Crippen molar-refractivity contribution in [3.05, 3.63) is 47.7 Å². The van der Waals surface area contributed by atoms with Crippen LogP contribution < -0.4 is 15.2 Å². The van der Waals surface area contributed by atoms with Gasteiger partial charge >= 0.3 is 6.36 Å². The van der Waals surface area contributed by atoms with Crippen molar-refractivity contribution >= 4 is 22.7 Å². The number of carbonyl (C=O) groups excluding carboxylic acids is 2. The van der Waals surface area contributed by atoms with Crippen LogP contribution in [0, 0.1) is 0 Å². The summed E-state index contributed by atoms with van der Waals surface area (Å²) in [6.45, 7) is 1.18. The molecule has 0 fully saturated rings. The first kappa shape index (κ1) is 19.3. The van der Waals surface area contributed by atoms with Gasteiger partial charge in [-0.2, -0.15) is 0 Å². The minimum atomic E-state index is -4.92. The summed E-state index contributed by atoms with van der Waals surface area (Å²) in [7, 11) is 1.34. The lowest BCUT2D eigenvalue weighted by molar-refractivity contribution is -0.274. The van der Waals surface area contributed by atoms with Crippen molar-refractivity contribution < 1.29 is 36.7 Å². The number of ether oxygens (including phenoxy) is 2. The molecule has 2 N–H and O–H groups in total. The highest BCUT2D eigenvalue weighted by Gasteiger charge is 2.33. The van der Waals surface area contributed by atoms with Crippen molar-refractivity contribution in [1.82, 2.24) is 0 Å². The van der Waals surface area contributed by atoms with Gasteiger partial charge < -0.3 is 19.6 Å². The monoisotopic (exact) mass is 393 g/mol. The Morgan fingerprint density at radius 2 is 1.71 bits per heavy atom. The number of hydrogen-bond donors (Lipinski definition) is 1. The van der Waals surface area contributed by atoms with E-state index < -0.39 is 23.8 Å². The molecule has 0 unspecified atom stereocenters. The molecular formula is C19H14F3NO5. The molecule has 9 heteroatoms. The Hall–Kier alpha value is -3.49. The van der Waals surface area contributed by atoms with Crippen molar-refractivity contribution in [1.29, 1.82) is 0 Å². The van der Waals surface area contributed by atoms with Crippen LogP contribution in [-0.4, -0.2) is 25.2 Å². The molecule has 0 saturated carbocycles. The zero-order chi connectivity index (χ0) is 20.6. The van der Waals surface area contributed by atoms with E-state index >= 15 is 0 Å². The van der Waals surface area contributed by atoms with Gasteiger partial charge in [0.05, 0.1) is 12.7 Å². The summed E-state index contributed by atoms with van der Waals surface area (Å²) in [4.78, 5) is 24.0. The van der Waals surface area contributed by atoms with Gasteiger partial charge in [-0.05, 0) is 23.8 Å². The van der Waals surface area contributed by atoms with Crippen molar-refractivity contribution in [2.75, 3.05) is 7.11 Å². The van der Waals surface area contributed by atoms with E-state index in [9.17, 15) is 22.8 Å². The van der Waals surface area contributed by atoms with Crippen LogP contribution in [0.15, 0.2) is 40.8 Å². The summed E-state index contributed by atoms with van der Waals surface area (Å²) >= 11 is 0. The molecule has 0 atom stereocenters. The number of Topliss-reactive ketones (excluding diaryl/α,β-unsaturated/α-hetero) is 1. The van der Waals surface area contributed by atoms with Crippen LogP contribution in [0.4, 0.5) is 13.2 Å². The first-order chi connectivity index (χ1) is 13.1. The van der Waals surface area contributed by atoms with E-state index in [4.69, 9.17) is 14.9 Å². The van der Waals surface area contributed by atoms with Crippen LogP contribution in [-0.2, 0) is 0 Å². The molecule has 0 radical (unpaired) electrons. The van der Waals surface area contributed by atoms with Gasteiger partial charge in [0.15, 0.2) is 22.9 Å². The van der Waals surface area contributed by atoms with E-state index in [0.29, 0.717) is 0 Å². The average molecular weight is 393 g/mol. The van der Waals surface area contributed by atoms with Crippen LogP contribution in [0.3, 0.4) is 0 Å². The summed E-state index contributed by atoms with van der Waals surface area (Å²) in [5.41, 5.74) is 5.42. The zero-order valence-electron chi connectivity index (χ0n) is 14.7. The van der Waals surface area contributed by atoms with E-state index in [1.807, 2.05) is 0 Å². The topological polar surface area (TPSA) is 91.8 Å². The van der Waals surface area contributed by atoms with Gasteiger partial charge in [-0.1, -0.05) is 18.2 Å². The lowest BCUT2D eigenvalue weighted by Crippen LogP contribution is -2.17. The lowest BCUT2D eigenvalue weighted by atomic mass is 9.96. The van der Waals surface area contributed by atoms with E-state index in [-0.39, 0.29) is 39.2 Å². The predicted molar refractivity (Wildman–Crippen MR) is 93.4 cm³/mol. The number of nitrogens with two attached hydrogens (primary N) is 1. The fraction of sp³-hybridized carbons (Fsp3) is 0.158. The van der Waals surface area contributed by atoms with E-state index in [1.54, 1.807) is 0 Å². The summed E-state index contributed by atoms with van der Waals surface area (Å²) < 4.78 is 53.2. The number of amides is 1. The molecular weight excluding hydrogens is 379 g/mol. The SMILES string of the molecule is COc1ccc(-c2ccccc2OC(F)(F)F)c2c(C(N)=O)c(C(C)=O)oc12. The number of rotatable bonds is 5. The molecule has 3 rings (SSSR count). The summed E-state index contributed by atoms with van der Waals surface area (Å²) in [5.74, 6) is -2.14. The third-order valence-electron chi connectivity index (χ3n) is 3.99.